The molecule has 7 nitrogen and oxygen atoms in total. The summed E-state index contributed by atoms with van der Waals surface area (Å²) in [5, 5.41) is 9.72. The van der Waals surface area contributed by atoms with Crippen LogP contribution < -0.4 is 19.6 Å². The summed E-state index contributed by atoms with van der Waals surface area (Å²) >= 11 is 1.26. The van der Waals surface area contributed by atoms with Crippen LogP contribution in [0.1, 0.15) is 31.0 Å². The highest BCUT2D eigenvalue weighted by molar-refractivity contribution is 7.07. The third-order valence-corrected chi connectivity index (χ3v) is 6.12. The molecule has 4 rings (SSSR count). The van der Waals surface area contributed by atoms with Crippen molar-refractivity contribution in [1.82, 2.24) is 4.57 Å². The van der Waals surface area contributed by atoms with E-state index in [1.54, 1.807) is 39.2 Å². The molecule has 0 fully saturated rings. The summed E-state index contributed by atoms with van der Waals surface area (Å²) in [6.45, 7) is 3.67. The lowest BCUT2D eigenvalue weighted by Gasteiger charge is -2.24. The molecule has 0 saturated carbocycles. The second kappa shape index (κ2) is 8.84. The number of methoxy groups -OCH3 is 1. The second-order valence-corrected chi connectivity index (χ2v) is 8.18. The minimum atomic E-state index is -0.705. The zero-order valence-electron chi connectivity index (χ0n) is 17.9. The van der Waals surface area contributed by atoms with Crippen molar-refractivity contribution in [3.05, 3.63) is 90.6 Å². The summed E-state index contributed by atoms with van der Waals surface area (Å²) in [5.74, 6) is 0.306. The molecule has 0 bridgehead atoms. The third-order valence-electron chi connectivity index (χ3n) is 5.14. The van der Waals surface area contributed by atoms with E-state index in [-0.39, 0.29) is 17.9 Å². The average Bonchev–Trinajstić information content (AvgIpc) is 3.08. The van der Waals surface area contributed by atoms with Crippen molar-refractivity contribution in [3.8, 4) is 11.5 Å². The van der Waals surface area contributed by atoms with Gasteiger partial charge in [-0.05, 0) is 55.3 Å². The number of esters is 1. The van der Waals surface area contributed by atoms with E-state index in [2.05, 4.69) is 4.99 Å². The summed E-state index contributed by atoms with van der Waals surface area (Å²) in [6, 6.07) is 13.1. The van der Waals surface area contributed by atoms with E-state index in [4.69, 9.17) is 9.47 Å². The number of rotatable bonds is 5. The molecule has 3 aromatic rings. The summed E-state index contributed by atoms with van der Waals surface area (Å²) in [5.41, 5.74) is 2.08. The first-order valence-electron chi connectivity index (χ1n) is 10.1. The first-order valence-corrected chi connectivity index (χ1v) is 10.9. The van der Waals surface area contributed by atoms with Crippen LogP contribution in [0.4, 0.5) is 0 Å². The zero-order chi connectivity index (χ0) is 22.8. The Labute approximate surface area is 188 Å². The van der Waals surface area contributed by atoms with E-state index >= 15 is 0 Å². The summed E-state index contributed by atoms with van der Waals surface area (Å²) < 4.78 is 12.5. The van der Waals surface area contributed by atoms with Crippen molar-refractivity contribution in [1.29, 1.82) is 0 Å². The molecule has 1 atom stereocenters. The first kappa shape index (κ1) is 21.6. The maximum absolute atomic E-state index is 13.5. The van der Waals surface area contributed by atoms with Gasteiger partial charge in [-0.2, -0.15) is 0 Å². The summed E-state index contributed by atoms with van der Waals surface area (Å²) in [7, 11) is 1.60. The molecular formula is C24H22N2O5S. The number of benzene rings is 2. The molecule has 1 aliphatic rings. The van der Waals surface area contributed by atoms with Crippen molar-refractivity contribution in [2.75, 3.05) is 13.7 Å². The number of phenolic OH excluding ortho intramolecular Hbond substituents is 1. The fraction of sp³-hybridized carbons (Fsp3) is 0.208. The Morgan fingerprint density at radius 3 is 2.50 bits per heavy atom. The molecule has 0 aliphatic carbocycles. The molecule has 2 heterocycles. The van der Waals surface area contributed by atoms with Crippen LogP contribution in [0.2, 0.25) is 0 Å². The molecule has 32 heavy (non-hydrogen) atoms. The molecule has 1 aromatic heterocycles. The number of fused-ring (bicyclic) bond motifs is 1. The van der Waals surface area contributed by atoms with Gasteiger partial charge in [0.05, 0.1) is 35.6 Å². The Balaban J connectivity index is 1.92. The zero-order valence-corrected chi connectivity index (χ0v) is 18.7. The fourth-order valence-corrected chi connectivity index (χ4v) is 4.66. The number of aromatic nitrogens is 1. The van der Waals surface area contributed by atoms with Gasteiger partial charge in [0.2, 0.25) is 0 Å². The highest BCUT2D eigenvalue weighted by Crippen LogP contribution is 2.31. The molecule has 0 radical (unpaired) electrons. The van der Waals surface area contributed by atoms with Crippen LogP contribution >= 0.6 is 11.3 Å². The van der Waals surface area contributed by atoms with Gasteiger partial charge in [-0.3, -0.25) is 9.36 Å². The van der Waals surface area contributed by atoms with Gasteiger partial charge in [0.15, 0.2) is 4.80 Å². The largest absolute Gasteiger partial charge is 0.508 e. The number of hydrogen-bond acceptors (Lipinski definition) is 7. The van der Waals surface area contributed by atoms with E-state index in [0.29, 0.717) is 26.2 Å². The second-order valence-electron chi connectivity index (χ2n) is 7.17. The van der Waals surface area contributed by atoms with Gasteiger partial charge < -0.3 is 14.6 Å². The Morgan fingerprint density at radius 2 is 1.88 bits per heavy atom. The van der Waals surface area contributed by atoms with Crippen LogP contribution in [-0.4, -0.2) is 29.4 Å². The smallest absolute Gasteiger partial charge is 0.338 e. The first-order chi connectivity index (χ1) is 15.4. The fourth-order valence-electron chi connectivity index (χ4n) is 3.62. The normalized spacial score (nSPS) is 15.8. The topological polar surface area (TPSA) is 90.1 Å². The van der Waals surface area contributed by atoms with Gasteiger partial charge in [0.25, 0.3) is 5.56 Å². The van der Waals surface area contributed by atoms with Gasteiger partial charge in [0.1, 0.15) is 11.5 Å². The van der Waals surface area contributed by atoms with Gasteiger partial charge in [0, 0.05) is 0 Å². The monoisotopic (exact) mass is 450 g/mol. The predicted octanol–water partition coefficient (Wildman–Crippen LogP) is 2.51. The minimum absolute atomic E-state index is 0.0963. The Hall–Kier alpha value is -3.65. The van der Waals surface area contributed by atoms with Crippen molar-refractivity contribution < 1.29 is 19.4 Å². The highest BCUT2D eigenvalue weighted by atomic mass is 32.1. The number of carbonyl (C=O) groups excluding carboxylic acids is 1. The number of hydrogen-bond donors (Lipinski definition) is 1. The molecule has 1 aliphatic heterocycles. The Morgan fingerprint density at radius 1 is 1.19 bits per heavy atom. The summed E-state index contributed by atoms with van der Waals surface area (Å²) in [4.78, 5) is 31.3. The molecule has 0 saturated heterocycles. The quantitative estimate of drug-likeness (QED) is 0.604. The number of carbonyl (C=O) groups is 1. The standard InChI is InChI=1S/C24H22N2O5S/c1-4-31-23(29)20-14(2)25-24-26(21(20)16-7-9-17(27)10-8-16)22(28)19(32-24)13-15-5-11-18(30-3)12-6-15/h5-13,21,27H,4H2,1-3H3. The van der Waals surface area contributed by atoms with Crippen molar-refractivity contribution >= 4 is 23.4 Å². The average molecular weight is 451 g/mol. The highest BCUT2D eigenvalue weighted by Gasteiger charge is 2.33. The molecule has 8 heteroatoms. The Kier molecular flexibility index (Phi) is 5.96. The maximum atomic E-state index is 13.5. The van der Waals surface area contributed by atoms with Gasteiger partial charge >= 0.3 is 5.97 Å². The molecule has 2 aromatic carbocycles. The number of aromatic hydroxyl groups is 1. The maximum Gasteiger partial charge on any atom is 0.338 e. The van der Waals surface area contributed by atoms with E-state index in [9.17, 15) is 14.7 Å². The van der Waals surface area contributed by atoms with Gasteiger partial charge in [-0.15, -0.1) is 0 Å². The Bertz CT molecular complexity index is 1370. The minimum Gasteiger partial charge on any atom is -0.508 e. The van der Waals surface area contributed by atoms with Crippen LogP contribution in [-0.2, 0) is 9.53 Å². The van der Waals surface area contributed by atoms with E-state index in [1.807, 2.05) is 24.3 Å². The number of phenols is 1. The number of thiazole rings is 1. The van der Waals surface area contributed by atoms with Gasteiger partial charge in [-0.25, -0.2) is 9.79 Å². The predicted molar refractivity (Wildman–Crippen MR) is 121 cm³/mol. The molecule has 0 spiro atoms. The van der Waals surface area contributed by atoms with Crippen LogP contribution in [0.3, 0.4) is 0 Å². The van der Waals surface area contributed by atoms with Crippen molar-refractivity contribution in [3.63, 3.8) is 0 Å². The summed E-state index contributed by atoms with van der Waals surface area (Å²) in [6.07, 6.45) is 1.79. The van der Waals surface area contributed by atoms with E-state index in [0.717, 1.165) is 11.3 Å². The number of ether oxygens (including phenoxy) is 2. The third kappa shape index (κ3) is 3.97. The van der Waals surface area contributed by atoms with Crippen LogP contribution in [0.5, 0.6) is 11.5 Å². The molecular weight excluding hydrogens is 428 g/mol. The van der Waals surface area contributed by atoms with Crippen molar-refractivity contribution in [2.24, 2.45) is 4.99 Å². The van der Waals surface area contributed by atoms with Crippen LogP contribution in [0.25, 0.3) is 6.08 Å². The lowest BCUT2D eigenvalue weighted by Crippen LogP contribution is -2.39. The number of allylic oxidation sites excluding steroid dienone is 1. The lowest BCUT2D eigenvalue weighted by atomic mass is 9.96. The van der Waals surface area contributed by atoms with Gasteiger partial charge in [-0.1, -0.05) is 35.6 Å². The molecule has 0 amide bonds. The number of nitrogens with zero attached hydrogens (tertiary/aromatic N) is 2. The van der Waals surface area contributed by atoms with E-state index in [1.165, 1.54) is 28.0 Å². The van der Waals surface area contributed by atoms with Crippen LogP contribution in [0.15, 0.2) is 69.6 Å². The molecule has 1 N–H and O–H groups in total. The van der Waals surface area contributed by atoms with Crippen LogP contribution in [0, 0.1) is 0 Å². The van der Waals surface area contributed by atoms with Crippen molar-refractivity contribution in [2.45, 2.75) is 19.9 Å². The molecule has 164 valence electrons. The SMILES string of the molecule is CCOC(=O)C1=C(C)N=c2sc(=Cc3ccc(OC)cc3)c(=O)n2C1c1ccc(O)cc1. The molecule has 1 unspecified atom stereocenters. The van der Waals surface area contributed by atoms with E-state index < -0.39 is 12.0 Å². The lowest BCUT2D eigenvalue weighted by molar-refractivity contribution is -0.139.